The van der Waals surface area contributed by atoms with E-state index in [9.17, 15) is 0 Å². The van der Waals surface area contributed by atoms with Crippen molar-refractivity contribution in [3.63, 3.8) is 0 Å². The van der Waals surface area contributed by atoms with Crippen LogP contribution in [-0.4, -0.2) is 47.7 Å². The Balaban J connectivity index is -0.0000000902. The molecular formula is C24H48MoN4OS9. The van der Waals surface area contributed by atoms with Gasteiger partial charge >= 0.3 is 21.1 Å². The number of hydrogen-bond acceptors (Lipinski definition) is 10. The van der Waals surface area contributed by atoms with Gasteiger partial charge in [-0.2, -0.15) is 4.21 Å². The van der Waals surface area contributed by atoms with Gasteiger partial charge in [0.2, 0.25) is 0 Å². The van der Waals surface area contributed by atoms with E-state index in [1.807, 2.05) is 0 Å². The van der Waals surface area contributed by atoms with Crippen molar-refractivity contribution >= 4 is 129 Å². The van der Waals surface area contributed by atoms with E-state index in [-0.39, 0.29) is 21.1 Å². The van der Waals surface area contributed by atoms with Crippen molar-refractivity contribution in [1.29, 1.82) is 0 Å². The maximum absolute atomic E-state index is 7.83. The van der Waals surface area contributed by atoms with E-state index in [1.165, 1.54) is 0 Å². The molecule has 0 saturated heterocycles. The average molecular weight is 793 g/mol. The van der Waals surface area contributed by atoms with Crippen molar-refractivity contribution in [2.75, 3.05) is 26.2 Å². The van der Waals surface area contributed by atoms with Crippen molar-refractivity contribution in [3.8, 4) is 0 Å². The van der Waals surface area contributed by atoms with E-state index >= 15 is 0 Å². The van der Waals surface area contributed by atoms with E-state index in [0.29, 0.717) is 17.3 Å². The molecule has 0 saturated carbocycles. The first kappa shape index (κ1) is 52.8. The Morgan fingerprint density at radius 3 is 0.667 bits per heavy atom. The van der Waals surface area contributed by atoms with E-state index in [1.54, 1.807) is 0 Å². The fourth-order valence-corrected chi connectivity index (χ4v) is 2.67. The number of hydrogen-bond donors (Lipinski definition) is 4. The van der Waals surface area contributed by atoms with E-state index in [0.717, 1.165) is 75.5 Å². The largest absolute Gasteiger partial charge is 4.00 e. The summed E-state index contributed by atoms with van der Waals surface area (Å²) in [6.07, 6.45) is 4.54. The first-order chi connectivity index (χ1) is 17.5. The van der Waals surface area contributed by atoms with Crippen LogP contribution in [0.4, 0.5) is 0 Å². The normalized spacial score (nSPS) is 9.03. The molecule has 0 aliphatic heterocycles. The molecule has 0 aromatic rings. The van der Waals surface area contributed by atoms with Gasteiger partial charge in [0, 0.05) is 26.2 Å². The maximum atomic E-state index is 7.83. The van der Waals surface area contributed by atoms with Gasteiger partial charge in [-0.15, -0.1) is 0 Å². The quantitative estimate of drug-likeness (QED) is 0.115. The molecule has 0 fully saturated rings. The Bertz CT molecular complexity index is 490. The summed E-state index contributed by atoms with van der Waals surface area (Å²) in [5, 5.41) is 11.7. The van der Waals surface area contributed by atoms with Crippen LogP contribution in [0.25, 0.3) is 0 Å². The van der Waals surface area contributed by atoms with E-state index < -0.39 is 0 Å². The molecule has 230 valence electrons. The molecule has 4 N–H and O–H groups in total. The Hall–Kier alpha value is 1.15. The fraction of sp³-hybridized carbons (Fsp3) is 0.833. The van der Waals surface area contributed by atoms with Crippen molar-refractivity contribution in [3.05, 3.63) is 0 Å². The minimum absolute atomic E-state index is 0. The van der Waals surface area contributed by atoms with Gasteiger partial charge in [0.1, 0.15) is 0 Å². The van der Waals surface area contributed by atoms with Gasteiger partial charge in [0.15, 0.2) is 12.5 Å². The molecule has 5 nitrogen and oxygen atoms in total. The SMILES string of the molecule is CC(C)CCNC(=S)[S-].CC(C)CCNC(=S)[S-].CC(C)CCNC(=S)[S-].CC(C)CCNC(=S)[S-].O=S.[Mo+4]. The summed E-state index contributed by atoms with van der Waals surface area (Å²) in [4.78, 5) is 0. The number of nitrogens with one attached hydrogen (secondary N) is 4. The van der Waals surface area contributed by atoms with Gasteiger partial charge in [0.05, 0.1) is 0 Å². The number of thiocarbonyl (C=S) groups is 4. The summed E-state index contributed by atoms with van der Waals surface area (Å²) in [5.41, 5.74) is 0. The second-order valence-corrected chi connectivity index (χ2v) is 13.9. The summed E-state index contributed by atoms with van der Waals surface area (Å²) in [5.74, 6) is 2.90. The van der Waals surface area contributed by atoms with Gasteiger partial charge in [0.25, 0.3) is 0 Å². The molecule has 0 rings (SSSR count). The zero-order valence-electron chi connectivity index (χ0n) is 24.5. The third-order valence-corrected chi connectivity index (χ3v) is 5.12. The molecule has 0 radical (unpaired) electrons. The van der Waals surface area contributed by atoms with Crippen LogP contribution < -0.4 is 21.3 Å². The third kappa shape index (κ3) is 85.4. The Morgan fingerprint density at radius 1 is 0.462 bits per heavy atom. The van der Waals surface area contributed by atoms with Gasteiger partial charge in [-0.25, -0.2) is 0 Å². The molecule has 0 bridgehead atoms. The van der Waals surface area contributed by atoms with Gasteiger partial charge < -0.3 is 121 Å². The van der Waals surface area contributed by atoms with E-state index in [2.05, 4.69) is 189 Å². The predicted octanol–water partition coefficient (Wildman–Crippen LogP) is 5.48. The fourth-order valence-electron chi connectivity index (χ4n) is 1.85. The minimum atomic E-state index is 0. The van der Waals surface area contributed by atoms with Crippen LogP contribution in [0.5, 0.6) is 0 Å². The second-order valence-electron chi connectivity index (χ2n) is 9.59. The third-order valence-electron chi connectivity index (χ3n) is 3.96. The molecule has 0 spiro atoms. The molecule has 0 heterocycles. The molecule has 0 aromatic heterocycles. The smallest absolute Gasteiger partial charge is 0.412 e. The van der Waals surface area contributed by atoms with Gasteiger partial charge in [-0.05, 0) is 49.4 Å². The monoisotopic (exact) mass is 794 g/mol. The van der Waals surface area contributed by atoms with Crippen LogP contribution in [0, 0.1) is 23.7 Å². The molecule has 0 amide bonds. The zero-order chi connectivity index (χ0) is 31.1. The Morgan fingerprint density at radius 2 is 0.590 bits per heavy atom. The van der Waals surface area contributed by atoms with Crippen molar-refractivity contribution in [1.82, 2.24) is 21.3 Å². The molecule has 0 aliphatic rings. The van der Waals surface area contributed by atoms with E-state index in [4.69, 9.17) is 4.21 Å². The molecule has 0 unspecified atom stereocenters. The molecule has 15 heteroatoms. The summed E-state index contributed by atoms with van der Waals surface area (Å²) >= 11 is 40.0. The summed E-state index contributed by atoms with van der Waals surface area (Å²) in [6.45, 7) is 21.1. The second kappa shape index (κ2) is 41.3. The van der Waals surface area contributed by atoms with Gasteiger partial charge in [-0.3, -0.25) is 0 Å². The first-order valence-corrected chi connectivity index (χ1v) is 16.1. The van der Waals surface area contributed by atoms with Crippen LogP contribution in [0.15, 0.2) is 0 Å². The summed E-state index contributed by atoms with van der Waals surface area (Å²) in [7, 11) is 0. The molecule has 0 aliphatic carbocycles. The number of rotatable bonds is 12. The summed E-state index contributed by atoms with van der Waals surface area (Å²) < 4.78 is 9.76. The minimum Gasteiger partial charge on any atom is -0.412 e. The standard InChI is InChI=1S/4C6H13NS2.Mo.OS/c4*1-5(2)3-4-7-6(8)9;;1-2/h4*5H,3-4H2,1-2H3,(H2,7,8,9);;/q;;;;+4;/p-4. The average Bonchev–Trinajstić information content (AvgIpc) is 2.74. The molecular weight excluding hydrogens is 745 g/mol. The van der Waals surface area contributed by atoms with Crippen molar-refractivity contribution < 1.29 is 25.3 Å². The summed E-state index contributed by atoms with van der Waals surface area (Å²) in [6, 6.07) is 0. The maximum Gasteiger partial charge on any atom is 4.00 e. The van der Waals surface area contributed by atoms with Crippen LogP contribution in [0.2, 0.25) is 0 Å². The van der Waals surface area contributed by atoms with Crippen LogP contribution in [0.3, 0.4) is 0 Å². The van der Waals surface area contributed by atoms with Crippen LogP contribution in [-0.2, 0) is 84.1 Å². The zero-order valence-corrected chi connectivity index (χ0v) is 33.8. The van der Waals surface area contributed by atoms with Crippen LogP contribution >= 0.6 is 48.9 Å². The molecule has 0 aromatic carbocycles. The Kier molecular flexibility index (Phi) is 55.9. The Labute approximate surface area is 303 Å². The molecule has 39 heavy (non-hydrogen) atoms. The first-order valence-electron chi connectivity index (χ1n) is 12.5. The van der Waals surface area contributed by atoms with Gasteiger partial charge in [-0.1, -0.05) is 72.7 Å². The van der Waals surface area contributed by atoms with Crippen molar-refractivity contribution in [2.24, 2.45) is 23.7 Å². The molecule has 0 atom stereocenters. The van der Waals surface area contributed by atoms with Crippen LogP contribution in [0.1, 0.15) is 81.1 Å². The van der Waals surface area contributed by atoms with Crippen molar-refractivity contribution in [2.45, 2.75) is 81.1 Å². The topological polar surface area (TPSA) is 65.2 Å². The predicted molar refractivity (Wildman–Crippen MR) is 198 cm³/mol.